The second-order valence-corrected chi connectivity index (χ2v) is 12.0. The topological polar surface area (TPSA) is 101 Å². The van der Waals surface area contributed by atoms with Gasteiger partial charge >= 0.3 is 0 Å². The standard InChI is InChI=1S/C16H24N2O5S3/c1-12(2)18(3)26(22,23)15-6-4-13(5-7-15)17-16(19)10-24-14-8-9-25(20,21)11-14/h4-7,12,14H,8-11H2,1-3H3,(H,17,19)/t14-/m0/s1. The van der Waals surface area contributed by atoms with E-state index in [0.717, 1.165) is 0 Å². The first-order chi connectivity index (χ1) is 12.0. The Morgan fingerprint density at radius 1 is 1.31 bits per heavy atom. The van der Waals surface area contributed by atoms with E-state index >= 15 is 0 Å². The van der Waals surface area contributed by atoms with Gasteiger partial charge in [-0.3, -0.25) is 4.79 Å². The van der Waals surface area contributed by atoms with Crippen LogP contribution in [0.5, 0.6) is 0 Å². The molecule has 0 radical (unpaired) electrons. The second kappa shape index (κ2) is 8.28. The lowest BCUT2D eigenvalue weighted by Crippen LogP contribution is -2.33. The molecule has 1 amide bonds. The largest absolute Gasteiger partial charge is 0.325 e. The molecule has 1 aliphatic rings. The minimum Gasteiger partial charge on any atom is -0.325 e. The first-order valence-corrected chi connectivity index (χ1v) is 12.5. The molecule has 0 saturated carbocycles. The third-order valence-corrected chi connectivity index (χ3v) is 9.51. The summed E-state index contributed by atoms with van der Waals surface area (Å²) in [6, 6.07) is 5.85. The molecule has 1 N–H and O–H groups in total. The molecule has 2 rings (SSSR count). The summed E-state index contributed by atoms with van der Waals surface area (Å²) in [5, 5.41) is 2.66. The highest BCUT2D eigenvalue weighted by Crippen LogP contribution is 2.24. The summed E-state index contributed by atoms with van der Waals surface area (Å²) < 4.78 is 48.9. The molecule has 1 aromatic carbocycles. The summed E-state index contributed by atoms with van der Waals surface area (Å²) >= 11 is 1.33. The SMILES string of the molecule is CC(C)N(C)S(=O)(=O)c1ccc(NC(=O)CS[C@H]2CCS(=O)(=O)C2)cc1. The highest BCUT2D eigenvalue weighted by molar-refractivity contribution is 8.02. The number of carbonyl (C=O) groups is 1. The molecule has 1 fully saturated rings. The van der Waals surface area contributed by atoms with Crippen LogP contribution in [0.1, 0.15) is 20.3 Å². The van der Waals surface area contributed by atoms with Crippen molar-refractivity contribution in [3.63, 3.8) is 0 Å². The molecule has 1 aliphatic heterocycles. The molecule has 7 nitrogen and oxygen atoms in total. The average Bonchev–Trinajstić information content (AvgIpc) is 2.91. The normalized spacial score (nSPS) is 19.8. The van der Waals surface area contributed by atoms with Gasteiger partial charge in [-0.05, 0) is 44.5 Å². The van der Waals surface area contributed by atoms with Gasteiger partial charge in [0.05, 0.1) is 22.2 Å². The Bertz CT molecular complexity index is 848. The van der Waals surface area contributed by atoms with Crippen LogP contribution in [0.3, 0.4) is 0 Å². The summed E-state index contributed by atoms with van der Waals surface area (Å²) in [5.41, 5.74) is 0.501. The van der Waals surface area contributed by atoms with Gasteiger partial charge in [0.15, 0.2) is 9.84 Å². The zero-order valence-corrected chi connectivity index (χ0v) is 17.5. The van der Waals surface area contributed by atoms with Gasteiger partial charge in [-0.1, -0.05) is 0 Å². The number of hydrogen-bond donors (Lipinski definition) is 1. The third kappa shape index (κ3) is 5.45. The van der Waals surface area contributed by atoms with Gasteiger partial charge in [0.25, 0.3) is 0 Å². The Morgan fingerprint density at radius 2 is 1.92 bits per heavy atom. The first kappa shape index (κ1) is 21.2. The smallest absolute Gasteiger partial charge is 0.243 e. The van der Waals surface area contributed by atoms with Crippen LogP contribution in [-0.4, -0.2) is 62.6 Å². The fraction of sp³-hybridized carbons (Fsp3) is 0.562. The molecule has 0 aliphatic carbocycles. The van der Waals surface area contributed by atoms with Crippen LogP contribution >= 0.6 is 11.8 Å². The maximum atomic E-state index is 12.4. The molecule has 10 heteroatoms. The quantitative estimate of drug-likeness (QED) is 0.719. The van der Waals surface area contributed by atoms with Crippen LogP contribution in [0.2, 0.25) is 0 Å². The van der Waals surface area contributed by atoms with Crippen LogP contribution in [0.25, 0.3) is 0 Å². The number of benzene rings is 1. The molecule has 0 bridgehead atoms. The van der Waals surface area contributed by atoms with E-state index in [1.165, 1.54) is 35.2 Å². The predicted octanol–water partition coefficient (Wildman–Crippen LogP) is 1.57. The molecule has 0 unspecified atom stereocenters. The van der Waals surface area contributed by atoms with Crippen molar-refractivity contribution >= 4 is 43.2 Å². The van der Waals surface area contributed by atoms with E-state index < -0.39 is 19.9 Å². The Balaban J connectivity index is 1.91. The fourth-order valence-corrected chi connectivity index (χ4v) is 7.25. The number of thioether (sulfide) groups is 1. The zero-order chi connectivity index (χ0) is 19.5. The number of anilines is 1. The number of sulfone groups is 1. The van der Waals surface area contributed by atoms with Gasteiger partial charge in [0.1, 0.15) is 0 Å². The van der Waals surface area contributed by atoms with E-state index in [9.17, 15) is 21.6 Å². The zero-order valence-electron chi connectivity index (χ0n) is 15.0. The van der Waals surface area contributed by atoms with Crippen molar-refractivity contribution in [2.75, 3.05) is 29.6 Å². The van der Waals surface area contributed by atoms with E-state index in [1.54, 1.807) is 26.0 Å². The highest BCUT2D eigenvalue weighted by atomic mass is 32.2. The maximum absolute atomic E-state index is 12.4. The number of rotatable bonds is 7. The molecule has 1 aromatic rings. The predicted molar refractivity (Wildman–Crippen MR) is 105 cm³/mol. The lowest BCUT2D eigenvalue weighted by atomic mass is 10.3. The molecular formula is C16H24N2O5S3. The third-order valence-electron chi connectivity index (χ3n) is 4.18. The Kier molecular flexibility index (Phi) is 6.75. The molecule has 26 heavy (non-hydrogen) atoms. The van der Waals surface area contributed by atoms with E-state index in [-0.39, 0.29) is 39.4 Å². The van der Waals surface area contributed by atoms with Crippen molar-refractivity contribution in [3.05, 3.63) is 24.3 Å². The first-order valence-electron chi connectivity index (χ1n) is 8.21. The molecule has 1 atom stereocenters. The van der Waals surface area contributed by atoms with Crippen molar-refractivity contribution < 1.29 is 21.6 Å². The number of amides is 1. The summed E-state index contributed by atoms with van der Waals surface area (Å²) in [7, 11) is -4.98. The maximum Gasteiger partial charge on any atom is 0.243 e. The minimum absolute atomic E-state index is 0.0372. The fourth-order valence-electron chi connectivity index (χ4n) is 2.44. The number of hydrogen-bond acceptors (Lipinski definition) is 6. The minimum atomic E-state index is -3.56. The van der Waals surface area contributed by atoms with Crippen LogP contribution in [0, 0.1) is 0 Å². The van der Waals surface area contributed by atoms with Crippen LogP contribution in [0.4, 0.5) is 5.69 Å². The van der Waals surface area contributed by atoms with Gasteiger partial charge in [0, 0.05) is 24.0 Å². The van der Waals surface area contributed by atoms with Crippen molar-refractivity contribution in [2.24, 2.45) is 0 Å². The van der Waals surface area contributed by atoms with Crippen LogP contribution < -0.4 is 5.32 Å². The number of nitrogens with zero attached hydrogens (tertiary/aromatic N) is 1. The second-order valence-electron chi connectivity index (χ2n) is 6.52. The van der Waals surface area contributed by atoms with Crippen LogP contribution in [-0.2, 0) is 24.7 Å². The Hall–Kier alpha value is -1.10. The van der Waals surface area contributed by atoms with Gasteiger partial charge in [0.2, 0.25) is 15.9 Å². The molecule has 0 spiro atoms. The van der Waals surface area contributed by atoms with Gasteiger partial charge in [-0.25, -0.2) is 16.8 Å². The number of carbonyl (C=O) groups excluding carboxylic acids is 1. The van der Waals surface area contributed by atoms with Crippen molar-refractivity contribution in [1.82, 2.24) is 4.31 Å². The summed E-state index contributed by atoms with van der Waals surface area (Å²) in [5.74, 6) is 0.235. The van der Waals surface area contributed by atoms with Gasteiger partial charge in [-0.15, -0.1) is 11.8 Å². The van der Waals surface area contributed by atoms with Gasteiger partial charge in [-0.2, -0.15) is 4.31 Å². The molecule has 146 valence electrons. The van der Waals surface area contributed by atoms with Gasteiger partial charge < -0.3 is 5.32 Å². The molecular weight excluding hydrogens is 396 g/mol. The van der Waals surface area contributed by atoms with E-state index in [4.69, 9.17) is 0 Å². The molecule has 0 aromatic heterocycles. The van der Waals surface area contributed by atoms with Crippen molar-refractivity contribution in [2.45, 2.75) is 36.5 Å². The van der Waals surface area contributed by atoms with E-state index in [0.29, 0.717) is 12.1 Å². The average molecular weight is 421 g/mol. The monoisotopic (exact) mass is 420 g/mol. The Labute approximate surface area is 159 Å². The van der Waals surface area contributed by atoms with Crippen LogP contribution in [0.15, 0.2) is 29.2 Å². The van der Waals surface area contributed by atoms with Crippen molar-refractivity contribution in [3.8, 4) is 0 Å². The van der Waals surface area contributed by atoms with Crippen molar-refractivity contribution in [1.29, 1.82) is 0 Å². The lowest BCUT2D eigenvalue weighted by molar-refractivity contribution is -0.113. The Morgan fingerprint density at radius 3 is 2.42 bits per heavy atom. The summed E-state index contributed by atoms with van der Waals surface area (Å²) in [6.07, 6.45) is 0.580. The number of sulfonamides is 1. The number of nitrogens with one attached hydrogen (secondary N) is 1. The van der Waals surface area contributed by atoms with E-state index in [1.807, 2.05) is 0 Å². The lowest BCUT2D eigenvalue weighted by Gasteiger charge is -2.21. The molecule has 1 saturated heterocycles. The summed E-state index contributed by atoms with van der Waals surface area (Å²) in [6.45, 7) is 3.58. The highest BCUT2D eigenvalue weighted by Gasteiger charge is 2.28. The molecule has 1 heterocycles. The summed E-state index contributed by atoms with van der Waals surface area (Å²) in [4.78, 5) is 12.2. The van der Waals surface area contributed by atoms with E-state index in [2.05, 4.69) is 5.32 Å².